The molecule has 0 fully saturated rings. The zero-order valence-electron chi connectivity index (χ0n) is 9.64. The van der Waals surface area contributed by atoms with Crippen LogP contribution in [0.25, 0.3) is 11.3 Å². The van der Waals surface area contributed by atoms with E-state index in [9.17, 15) is 23.1 Å². The highest BCUT2D eigenvalue weighted by Gasteiger charge is 2.31. The van der Waals surface area contributed by atoms with Crippen LogP contribution in [0.1, 0.15) is 5.56 Å². The van der Waals surface area contributed by atoms with E-state index in [1.54, 1.807) is 0 Å². The smallest absolute Gasteiger partial charge is 0.416 e. The normalized spacial score (nSPS) is 11.6. The van der Waals surface area contributed by atoms with Crippen LogP contribution >= 0.6 is 0 Å². The topological polar surface area (TPSA) is 68.0 Å². The lowest BCUT2D eigenvalue weighted by Crippen LogP contribution is -2.20. The van der Waals surface area contributed by atoms with E-state index in [1.165, 1.54) is 7.05 Å². The van der Waals surface area contributed by atoms with Crippen LogP contribution in [-0.2, 0) is 13.2 Å². The van der Waals surface area contributed by atoms with Crippen LogP contribution in [0.15, 0.2) is 29.3 Å². The first-order valence-electron chi connectivity index (χ1n) is 5.09. The van der Waals surface area contributed by atoms with Crippen molar-refractivity contribution in [2.75, 3.05) is 0 Å². The molecule has 0 radical (unpaired) electrons. The zero-order chi connectivity index (χ0) is 14.2. The Morgan fingerprint density at radius 3 is 2.58 bits per heavy atom. The zero-order valence-corrected chi connectivity index (χ0v) is 9.64. The number of phenolic OH excluding ortho intramolecular Hbond substituents is 1. The van der Waals surface area contributed by atoms with Gasteiger partial charge in [-0.05, 0) is 18.2 Å². The fourth-order valence-electron chi connectivity index (χ4n) is 1.50. The van der Waals surface area contributed by atoms with Gasteiger partial charge in [0.05, 0.1) is 5.56 Å². The van der Waals surface area contributed by atoms with Gasteiger partial charge in [-0.1, -0.05) is 0 Å². The van der Waals surface area contributed by atoms with Crippen molar-refractivity contribution in [1.29, 1.82) is 0 Å². The minimum atomic E-state index is -4.57. The molecule has 1 aromatic heterocycles. The summed E-state index contributed by atoms with van der Waals surface area (Å²) in [5.74, 6) is -0.674. The molecule has 2 rings (SSSR count). The average Bonchev–Trinajstić information content (AvgIpc) is 2.32. The molecule has 0 spiro atoms. The second-order valence-corrected chi connectivity index (χ2v) is 3.83. The first-order valence-corrected chi connectivity index (χ1v) is 5.09. The Balaban J connectivity index is 2.59. The summed E-state index contributed by atoms with van der Waals surface area (Å²) in [7, 11) is 1.42. The molecule has 0 unspecified atom stereocenters. The molecule has 5 nitrogen and oxygen atoms in total. The molecule has 0 aliphatic carbocycles. The third-order valence-electron chi connectivity index (χ3n) is 2.49. The van der Waals surface area contributed by atoms with Crippen LogP contribution in [0.2, 0.25) is 0 Å². The van der Waals surface area contributed by atoms with Crippen molar-refractivity contribution in [3.05, 3.63) is 40.4 Å². The summed E-state index contributed by atoms with van der Waals surface area (Å²) in [6, 6.07) is 2.30. The number of aromatic nitrogens is 3. The van der Waals surface area contributed by atoms with E-state index in [0.29, 0.717) is 6.07 Å². The van der Waals surface area contributed by atoms with Crippen LogP contribution in [-0.4, -0.2) is 19.9 Å². The van der Waals surface area contributed by atoms with Crippen LogP contribution in [0.4, 0.5) is 13.2 Å². The summed E-state index contributed by atoms with van der Waals surface area (Å²) >= 11 is 0. The van der Waals surface area contributed by atoms with Crippen LogP contribution in [0, 0.1) is 0 Å². The molecule has 0 aliphatic rings. The highest BCUT2D eigenvalue weighted by Crippen LogP contribution is 2.34. The van der Waals surface area contributed by atoms with E-state index in [4.69, 9.17) is 0 Å². The number of hydrogen-bond acceptors (Lipinski definition) is 4. The largest absolute Gasteiger partial charge is 0.507 e. The van der Waals surface area contributed by atoms with Crippen molar-refractivity contribution in [2.45, 2.75) is 6.18 Å². The lowest BCUT2D eigenvalue weighted by molar-refractivity contribution is -0.137. The van der Waals surface area contributed by atoms with Gasteiger partial charge in [-0.3, -0.25) is 9.36 Å². The quantitative estimate of drug-likeness (QED) is 0.854. The molecule has 2 aromatic rings. The van der Waals surface area contributed by atoms with Gasteiger partial charge in [-0.15, -0.1) is 10.2 Å². The second-order valence-electron chi connectivity index (χ2n) is 3.83. The highest BCUT2D eigenvalue weighted by atomic mass is 19.4. The number of hydrogen-bond donors (Lipinski definition) is 1. The van der Waals surface area contributed by atoms with E-state index in [2.05, 4.69) is 10.2 Å². The molecule has 8 heteroatoms. The first kappa shape index (κ1) is 13.1. The Kier molecular flexibility index (Phi) is 3.01. The number of aromatic hydroxyl groups is 1. The maximum Gasteiger partial charge on any atom is 0.416 e. The summed E-state index contributed by atoms with van der Waals surface area (Å²) in [6.45, 7) is 0. The number of benzene rings is 1. The molecule has 0 aliphatic heterocycles. The molecule has 1 heterocycles. The summed E-state index contributed by atoms with van der Waals surface area (Å²) in [5.41, 5.74) is -1.88. The SMILES string of the molecule is Cn1cnnc(-c2ccc(C(F)(F)F)cc2O)c1=O. The van der Waals surface area contributed by atoms with Gasteiger partial charge in [0.1, 0.15) is 12.1 Å². The summed E-state index contributed by atoms with van der Waals surface area (Å²) in [4.78, 5) is 11.7. The van der Waals surface area contributed by atoms with Crippen LogP contribution in [0.5, 0.6) is 5.75 Å². The van der Waals surface area contributed by atoms with Crippen molar-refractivity contribution in [2.24, 2.45) is 7.05 Å². The number of phenols is 1. The maximum atomic E-state index is 12.4. The minimum Gasteiger partial charge on any atom is -0.507 e. The molecule has 100 valence electrons. The number of rotatable bonds is 1. The molecule has 0 saturated heterocycles. The van der Waals surface area contributed by atoms with Gasteiger partial charge in [0.25, 0.3) is 5.56 Å². The molecule has 1 N–H and O–H groups in total. The highest BCUT2D eigenvalue weighted by molar-refractivity contribution is 5.66. The van der Waals surface area contributed by atoms with Crippen LogP contribution in [0.3, 0.4) is 0 Å². The molecule has 0 saturated carbocycles. The Labute approximate surface area is 105 Å². The van der Waals surface area contributed by atoms with Crippen molar-refractivity contribution >= 4 is 0 Å². The van der Waals surface area contributed by atoms with E-state index in [1.807, 2.05) is 0 Å². The number of halogens is 3. The molecule has 0 bridgehead atoms. The van der Waals surface area contributed by atoms with Gasteiger partial charge >= 0.3 is 6.18 Å². The number of nitrogens with zero attached hydrogens (tertiary/aromatic N) is 3. The fraction of sp³-hybridized carbons (Fsp3) is 0.182. The predicted octanol–water partition coefficient (Wildman–Crippen LogP) is 1.57. The summed E-state index contributed by atoms with van der Waals surface area (Å²) < 4.78 is 38.4. The van der Waals surface area contributed by atoms with Gasteiger partial charge in [-0.2, -0.15) is 13.2 Å². The third-order valence-corrected chi connectivity index (χ3v) is 2.49. The van der Waals surface area contributed by atoms with Crippen molar-refractivity contribution in [1.82, 2.24) is 14.8 Å². The maximum absolute atomic E-state index is 12.4. The lowest BCUT2D eigenvalue weighted by atomic mass is 10.1. The van der Waals surface area contributed by atoms with E-state index in [-0.39, 0.29) is 11.3 Å². The summed E-state index contributed by atoms with van der Waals surface area (Å²) in [5, 5.41) is 16.7. The standard InChI is InChI=1S/C11H8F3N3O2/c1-17-5-15-16-9(10(17)19)7-3-2-6(4-8(7)18)11(12,13)14/h2-5,18H,1H3. The van der Waals surface area contributed by atoms with Gasteiger partial charge in [0.2, 0.25) is 0 Å². The molecule has 1 aromatic carbocycles. The fourth-order valence-corrected chi connectivity index (χ4v) is 1.50. The van der Waals surface area contributed by atoms with Crippen molar-refractivity contribution < 1.29 is 18.3 Å². The Hall–Kier alpha value is -2.38. The second kappa shape index (κ2) is 4.38. The van der Waals surface area contributed by atoms with Gasteiger partial charge in [0, 0.05) is 12.6 Å². The predicted molar refractivity (Wildman–Crippen MR) is 59.4 cm³/mol. The summed E-state index contributed by atoms with van der Waals surface area (Å²) in [6.07, 6.45) is -3.41. The first-order chi connectivity index (χ1) is 8.80. The van der Waals surface area contributed by atoms with E-state index in [0.717, 1.165) is 23.0 Å². The van der Waals surface area contributed by atoms with Gasteiger partial charge in [-0.25, -0.2) is 0 Å². The molecule has 0 amide bonds. The number of aryl methyl sites for hydroxylation is 1. The Bertz CT molecular complexity index is 680. The molecule has 0 atom stereocenters. The van der Waals surface area contributed by atoms with E-state index < -0.39 is 23.0 Å². The van der Waals surface area contributed by atoms with Crippen molar-refractivity contribution in [3.8, 4) is 17.0 Å². The van der Waals surface area contributed by atoms with Gasteiger partial charge < -0.3 is 5.11 Å². The Morgan fingerprint density at radius 2 is 2.00 bits per heavy atom. The number of alkyl halides is 3. The average molecular weight is 271 g/mol. The Morgan fingerprint density at radius 1 is 1.32 bits per heavy atom. The molecular weight excluding hydrogens is 263 g/mol. The molecule has 19 heavy (non-hydrogen) atoms. The van der Waals surface area contributed by atoms with Crippen LogP contribution < -0.4 is 5.56 Å². The third kappa shape index (κ3) is 2.42. The van der Waals surface area contributed by atoms with Crippen molar-refractivity contribution in [3.63, 3.8) is 0 Å². The van der Waals surface area contributed by atoms with Gasteiger partial charge in [0.15, 0.2) is 5.69 Å². The lowest BCUT2D eigenvalue weighted by Gasteiger charge is -2.09. The molecular formula is C11H8F3N3O2. The van der Waals surface area contributed by atoms with E-state index >= 15 is 0 Å². The monoisotopic (exact) mass is 271 g/mol. The minimum absolute atomic E-state index is 0.0956.